The van der Waals surface area contributed by atoms with Crippen LogP contribution >= 0.6 is 22.4 Å². The minimum Gasteiger partial charge on any atom is -0.764 e. The van der Waals surface area contributed by atoms with Gasteiger partial charge in [0.15, 0.2) is 0 Å². The molecule has 1 N–H and O–H groups in total. The largest absolute Gasteiger partial charge is 0.764 e. The van der Waals surface area contributed by atoms with Crippen LogP contribution in [-0.4, -0.2) is 19.8 Å². The van der Waals surface area contributed by atoms with Gasteiger partial charge in [-0.05, 0) is 23.8 Å². The number of nitro benzene ring substituents is 1. The van der Waals surface area contributed by atoms with E-state index in [2.05, 4.69) is 0 Å². The lowest BCUT2D eigenvalue weighted by Gasteiger charge is -2.42. The van der Waals surface area contributed by atoms with Crippen molar-refractivity contribution < 1.29 is 14.0 Å². The molecule has 0 amide bonds. The van der Waals surface area contributed by atoms with Gasteiger partial charge >= 0.3 is 0 Å². The molecule has 2 atom stereocenters. The van der Waals surface area contributed by atoms with E-state index in [4.69, 9.17) is 0 Å². The van der Waals surface area contributed by atoms with Gasteiger partial charge in [0.25, 0.3) is 5.69 Å². The molecule has 2 aromatic carbocycles. The van der Waals surface area contributed by atoms with Crippen molar-refractivity contribution in [2.24, 2.45) is 0 Å². The predicted octanol–water partition coefficient (Wildman–Crippen LogP) is 4.21. The fourth-order valence-electron chi connectivity index (χ4n) is 2.33. The van der Waals surface area contributed by atoms with E-state index in [1.807, 2.05) is 12.1 Å². The summed E-state index contributed by atoms with van der Waals surface area (Å²) in [6, 6.07) is 13.4. The van der Waals surface area contributed by atoms with Crippen molar-refractivity contribution in [1.29, 1.82) is 0 Å². The van der Waals surface area contributed by atoms with E-state index in [1.54, 1.807) is 24.3 Å². The van der Waals surface area contributed by atoms with Crippen molar-refractivity contribution in [3.63, 3.8) is 0 Å². The Kier molecular flexibility index (Phi) is 3.66. The minimum atomic E-state index is -2.98. The Morgan fingerprint density at radius 3 is 2.52 bits per heavy atom. The summed E-state index contributed by atoms with van der Waals surface area (Å²) in [5.74, 6) is 0.175. The molecule has 1 heterocycles. The average molecular weight is 322 g/mol. The van der Waals surface area contributed by atoms with Crippen molar-refractivity contribution in [2.75, 3.05) is 5.75 Å². The third-order valence-corrected chi connectivity index (χ3v) is 6.62. The Morgan fingerprint density at radius 1 is 1.19 bits per heavy atom. The summed E-state index contributed by atoms with van der Waals surface area (Å²) >= 11 is 1.45. The minimum absolute atomic E-state index is 0.0390. The lowest BCUT2D eigenvalue weighted by molar-refractivity contribution is -0.384. The van der Waals surface area contributed by atoms with Gasteiger partial charge in [0.2, 0.25) is 0 Å². The molecule has 7 heteroatoms. The molecule has 1 aliphatic rings. The fourth-order valence-corrected chi connectivity index (χ4v) is 5.82. The number of hydrogen-bond acceptors (Lipinski definition) is 5. The molecule has 0 radical (unpaired) electrons. The molecule has 0 saturated carbocycles. The van der Waals surface area contributed by atoms with Gasteiger partial charge in [0.1, 0.15) is 0 Å². The summed E-state index contributed by atoms with van der Waals surface area (Å²) in [5.41, 5.74) is 0.908. The summed E-state index contributed by atoms with van der Waals surface area (Å²) in [4.78, 5) is 11.5. The van der Waals surface area contributed by atoms with Crippen molar-refractivity contribution in [2.45, 2.75) is 15.0 Å². The highest BCUT2D eigenvalue weighted by Crippen LogP contribution is 2.62. The zero-order valence-corrected chi connectivity index (χ0v) is 12.5. The third-order valence-electron chi connectivity index (χ3n) is 3.31. The number of nitro groups is 1. The van der Waals surface area contributed by atoms with E-state index in [9.17, 15) is 19.2 Å². The van der Waals surface area contributed by atoms with E-state index in [1.165, 1.54) is 23.9 Å². The number of hydrogen-bond donors (Lipinski definition) is 1. The van der Waals surface area contributed by atoms with Gasteiger partial charge in [0.05, 0.1) is 10.2 Å². The van der Waals surface area contributed by atoms with Gasteiger partial charge < -0.3 is 19.7 Å². The van der Waals surface area contributed by atoms with Crippen molar-refractivity contribution in [1.82, 2.24) is 0 Å². The van der Waals surface area contributed by atoms with Gasteiger partial charge in [-0.25, -0.2) is 0 Å². The monoisotopic (exact) mass is 322 g/mol. The quantitative estimate of drug-likeness (QED) is 0.675. The Bertz CT molecular complexity index is 688. The number of thioether (sulfide) groups is 1. The molecule has 1 aliphatic heterocycles. The molecule has 0 saturated heterocycles. The van der Waals surface area contributed by atoms with E-state index >= 15 is 0 Å². The van der Waals surface area contributed by atoms with Crippen LogP contribution in [0, 0.1) is 10.1 Å². The summed E-state index contributed by atoms with van der Waals surface area (Å²) in [6.45, 7) is 0. The summed E-state index contributed by atoms with van der Waals surface area (Å²) < 4.78 is 22.2. The highest BCUT2D eigenvalue weighted by Gasteiger charge is 2.30. The molecule has 3 rings (SSSR count). The molecular weight excluding hydrogens is 310 g/mol. The molecule has 5 nitrogen and oxygen atoms in total. The number of rotatable bonds is 3. The maximum atomic E-state index is 12.2. The van der Waals surface area contributed by atoms with Gasteiger partial charge in [-0.1, -0.05) is 18.2 Å². The maximum Gasteiger partial charge on any atom is 0.269 e. The molecule has 0 aromatic heterocycles. The first-order valence-electron chi connectivity index (χ1n) is 6.22. The molecular formula is C14H12NO4S2-. The van der Waals surface area contributed by atoms with Crippen molar-refractivity contribution >= 4 is 28.0 Å². The average Bonchev–Trinajstić information content (AvgIpc) is 2.71. The predicted molar refractivity (Wildman–Crippen MR) is 82.3 cm³/mol. The lowest BCUT2D eigenvalue weighted by atomic mass is 10.2. The summed E-state index contributed by atoms with van der Waals surface area (Å²) in [7, 11) is -2.98. The normalized spacial score (nSPS) is 26.9. The number of nitrogens with zero attached hydrogens (tertiary/aromatic N) is 1. The Morgan fingerprint density at radius 2 is 1.86 bits per heavy atom. The van der Waals surface area contributed by atoms with E-state index in [0.717, 1.165) is 10.5 Å². The van der Waals surface area contributed by atoms with Crippen LogP contribution in [-0.2, 0) is 0 Å². The smallest absolute Gasteiger partial charge is 0.269 e. The number of fused-ring (bicyclic) bond motifs is 1. The van der Waals surface area contributed by atoms with Crippen LogP contribution in [0.4, 0.5) is 5.69 Å². The molecule has 0 bridgehead atoms. The topological polar surface area (TPSA) is 86.4 Å². The first kappa shape index (κ1) is 14.4. The van der Waals surface area contributed by atoms with Gasteiger partial charge in [-0.15, -0.1) is 11.8 Å². The SMILES string of the molecule is O=[N+]([O-])c1ccc(SC2CS([O-])(O)c3ccccc32)cc1. The zero-order valence-electron chi connectivity index (χ0n) is 10.8. The fraction of sp³-hybridized carbons (Fsp3) is 0.143. The molecule has 2 unspecified atom stereocenters. The number of benzene rings is 2. The molecule has 110 valence electrons. The Hall–Kier alpha value is -1.54. The molecule has 0 fully saturated rings. The van der Waals surface area contributed by atoms with Crippen LogP contribution in [0.2, 0.25) is 0 Å². The first-order chi connectivity index (χ1) is 9.97. The third kappa shape index (κ3) is 2.77. The second kappa shape index (κ2) is 5.34. The Labute approximate surface area is 127 Å². The first-order valence-corrected chi connectivity index (χ1v) is 8.78. The number of non-ortho nitro benzene ring substituents is 1. The molecule has 0 spiro atoms. The van der Waals surface area contributed by atoms with Crippen LogP contribution in [0.3, 0.4) is 0 Å². The highest BCUT2D eigenvalue weighted by atomic mass is 32.3. The summed E-state index contributed by atoms with van der Waals surface area (Å²) in [5, 5.41) is 10.5. The van der Waals surface area contributed by atoms with Gasteiger partial charge in [-0.2, -0.15) is 0 Å². The Balaban J connectivity index is 1.85. The van der Waals surface area contributed by atoms with Crippen LogP contribution < -0.4 is 0 Å². The highest BCUT2D eigenvalue weighted by molar-refractivity contribution is 8.25. The maximum absolute atomic E-state index is 12.2. The summed E-state index contributed by atoms with van der Waals surface area (Å²) in [6.07, 6.45) is 0. The van der Waals surface area contributed by atoms with Crippen LogP contribution in [0.25, 0.3) is 0 Å². The molecule has 0 aliphatic carbocycles. The van der Waals surface area contributed by atoms with E-state index in [0.29, 0.717) is 4.90 Å². The second-order valence-corrected chi connectivity index (χ2v) is 8.03. The van der Waals surface area contributed by atoms with Crippen LogP contribution in [0.5, 0.6) is 0 Å². The standard InChI is InChI=1S/C14H13NO4S2/c16-15(17)10-5-7-11(8-6-10)20-13-9-21(18,19)14-4-2-1-3-12(13)14/h1-8,13,18-19H,9H2/p-1. The second-order valence-electron chi connectivity index (χ2n) is 4.70. The van der Waals surface area contributed by atoms with Crippen molar-refractivity contribution in [3.8, 4) is 0 Å². The zero-order chi connectivity index (χ0) is 15.0. The van der Waals surface area contributed by atoms with Crippen LogP contribution in [0.15, 0.2) is 58.3 Å². The van der Waals surface area contributed by atoms with Gasteiger partial charge in [-0.3, -0.25) is 10.1 Å². The van der Waals surface area contributed by atoms with Crippen molar-refractivity contribution in [3.05, 3.63) is 64.2 Å². The van der Waals surface area contributed by atoms with E-state index < -0.39 is 15.5 Å². The van der Waals surface area contributed by atoms with Gasteiger partial charge in [0, 0.05) is 27.7 Å². The molecule has 21 heavy (non-hydrogen) atoms. The van der Waals surface area contributed by atoms with E-state index in [-0.39, 0.29) is 16.7 Å². The van der Waals surface area contributed by atoms with Crippen LogP contribution in [0.1, 0.15) is 10.8 Å². The lowest BCUT2D eigenvalue weighted by Crippen LogP contribution is -1.99. The molecule has 2 aromatic rings.